The van der Waals surface area contributed by atoms with Gasteiger partial charge in [-0.25, -0.2) is 4.98 Å². The molecule has 1 saturated carbocycles. The van der Waals surface area contributed by atoms with Gasteiger partial charge in [-0.3, -0.25) is 19.3 Å². The van der Waals surface area contributed by atoms with Gasteiger partial charge in [0.2, 0.25) is 17.7 Å². The van der Waals surface area contributed by atoms with E-state index >= 15 is 0 Å². The van der Waals surface area contributed by atoms with Crippen molar-refractivity contribution in [2.45, 2.75) is 63.2 Å². The Morgan fingerprint density at radius 2 is 2.03 bits per heavy atom. The number of carbonyl (C=O) groups excluding carboxylic acids is 3. The molecule has 2 heterocycles. The second-order valence-corrected chi connectivity index (χ2v) is 9.71. The van der Waals surface area contributed by atoms with Crippen molar-refractivity contribution in [3.8, 4) is 0 Å². The fraction of sp³-hybridized carbons (Fsp3) is 0.478. The molecule has 0 bridgehead atoms. The standard InChI is InChI=1S/C23H24F3N3O3S/c1-13-12-33-20(27-13)14(2)28(3)18(30)10-22(11-19(31)29(21(22)32)17-7-8-17)15-5-4-6-16(9-15)23(24,25)26/h4-6,9,12,14,17H,7-8,10-11H2,1-3H3/t14-,22-/m1/s1. The van der Waals surface area contributed by atoms with Gasteiger partial charge in [0.1, 0.15) is 5.01 Å². The van der Waals surface area contributed by atoms with E-state index in [1.807, 2.05) is 12.3 Å². The quantitative estimate of drug-likeness (QED) is 0.581. The van der Waals surface area contributed by atoms with Crippen molar-refractivity contribution in [3.05, 3.63) is 51.5 Å². The first-order chi connectivity index (χ1) is 15.4. The molecule has 1 aliphatic carbocycles. The summed E-state index contributed by atoms with van der Waals surface area (Å²) in [5.74, 6) is -1.47. The summed E-state index contributed by atoms with van der Waals surface area (Å²) in [6.07, 6.45) is -3.99. The number of rotatable bonds is 6. The topological polar surface area (TPSA) is 70.6 Å². The summed E-state index contributed by atoms with van der Waals surface area (Å²) in [4.78, 5) is 46.6. The maximum atomic E-state index is 13.5. The van der Waals surface area contributed by atoms with Crippen molar-refractivity contribution in [2.24, 2.45) is 0 Å². The van der Waals surface area contributed by atoms with E-state index in [9.17, 15) is 27.6 Å². The number of likely N-dealkylation sites (tertiary alicyclic amines) is 1. The molecular weight excluding hydrogens is 455 g/mol. The Morgan fingerprint density at radius 1 is 1.33 bits per heavy atom. The van der Waals surface area contributed by atoms with Crippen LogP contribution in [0.25, 0.3) is 0 Å². The molecule has 0 unspecified atom stereocenters. The number of alkyl halides is 3. The van der Waals surface area contributed by atoms with Gasteiger partial charge in [0.15, 0.2) is 0 Å². The SMILES string of the molecule is Cc1csc([C@@H](C)N(C)C(=O)C[C@]2(c3cccc(C(F)(F)F)c3)CC(=O)N(C3CC3)C2=O)n1. The van der Waals surface area contributed by atoms with E-state index in [4.69, 9.17) is 0 Å². The predicted molar refractivity (Wildman–Crippen MR) is 115 cm³/mol. The Morgan fingerprint density at radius 3 is 2.61 bits per heavy atom. The largest absolute Gasteiger partial charge is 0.416 e. The van der Waals surface area contributed by atoms with Gasteiger partial charge in [0.25, 0.3) is 0 Å². The summed E-state index contributed by atoms with van der Waals surface area (Å²) in [6, 6.07) is 3.80. The second kappa shape index (κ2) is 8.23. The van der Waals surface area contributed by atoms with Crippen LogP contribution in [0.2, 0.25) is 0 Å². The number of carbonyl (C=O) groups is 3. The first kappa shape index (κ1) is 23.4. The highest BCUT2D eigenvalue weighted by Gasteiger charge is 2.57. The average Bonchev–Trinajstić information content (AvgIpc) is 3.44. The van der Waals surface area contributed by atoms with Crippen LogP contribution in [0.4, 0.5) is 13.2 Å². The Bertz CT molecular complexity index is 1110. The first-order valence-corrected chi connectivity index (χ1v) is 11.5. The number of imide groups is 1. The van der Waals surface area contributed by atoms with E-state index in [-0.39, 0.29) is 24.1 Å². The molecule has 3 amide bonds. The van der Waals surface area contributed by atoms with E-state index in [0.717, 1.165) is 22.7 Å². The third kappa shape index (κ3) is 4.28. The molecule has 0 radical (unpaired) electrons. The van der Waals surface area contributed by atoms with Crippen LogP contribution in [-0.2, 0) is 26.0 Å². The van der Waals surface area contributed by atoms with Gasteiger partial charge < -0.3 is 4.90 Å². The summed E-state index contributed by atoms with van der Waals surface area (Å²) >= 11 is 1.40. The molecule has 0 N–H and O–H groups in total. The molecule has 4 rings (SSSR count). The number of halogens is 3. The lowest BCUT2D eigenvalue weighted by Gasteiger charge is -2.31. The molecule has 2 fully saturated rings. The van der Waals surface area contributed by atoms with Gasteiger partial charge in [0, 0.05) is 37.0 Å². The van der Waals surface area contributed by atoms with Crippen LogP contribution < -0.4 is 0 Å². The van der Waals surface area contributed by atoms with Crippen molar-refractivity contribution in [2.75, 3.05) is 7.05 Å². The lowest BCUT2D eigenvalue weighted by Crippen LogP contribution is -2.43. The summed E-state index contributed by atoms with van der Waals surface area (Å²) in [6.45, 7) is 3.64. The van der Waals surface area contributed by atoms with Crippen molar-refractivity contribution >= 4 is 29.1 Å². The normalized spacial score (nSPS) is 22.1. The molecule has 1 aliphatic heterocycles. The Balaban J connectivity index is 1.70. The number of hydrogen-bond acceptors (Lipinski definition) is 5. The van der Waals surface area contributed by atoms with Crippen LogP contribution in [0.15, 0.2) is 29.6 Å². The fourth-order valence-electron chi connectivity index (χ4n) is 4.25. The molecule has 2 aromatic rings. The molecule has 1 saturated heterocycles. The maximum Gasteiger partial charge on any atom is 0.416 e. The minimum atomic E-state index is -4.61. The highest BCUT2D eigenvalue weighted by atomic mass is 32.1. The highest BCUT2D eigenvalue weighted by Crippen LogP contribution is 2.45. The Kier molecular flexibility index (Phi) is 5.84. The van der Waals surface area contributed by atoms with Crippen molar-refractivity contribution in [1.82, 2.24) is 14.8 Å². The van der Waals surface area contributed by atoms with Gasteiger partial charge in [-0.15, -0.1) is 11.3 Å². The third-order valence-electron chi connectivity index (χ3n) is 6.43. The van der Waals surface area contributed by atoms with Crippen LogP contribution in [0.3, 0.4) is 0 Å². The monoisotopic (exact) mass is 479 g/mol. The summed E-state index contributed by atoms with van der Waals surface area (Å²) in [7, 11) is 1.57. The molecular formula is C23H24F3N3O3S. The van der Waals surface area contributed by atoms with Crippen LogP contribution >= 0.6 is 11.3 Å². The third-order valence-corrected chi connectivity index (χ3v) is 7.56. The maximum absolute atomic E-state index is 13.5. The van der Waals surface area contributed by atoms with Crippen LogP contribution in [0.5, 0.6) is 0 Å². The smallest absolute Gasteiger partial charge is 0.337 e. The molecule has 176 valence electrons. The molecule has 2 atom stereocenters. The molecule has 0 spiro atoms. The van der Waals surface area contributed by atoms with E-state index in [0.29, 0.717) is 17.8 Å². The van der Waals surface area contributed by atoms with Crippen LogP contribution in [0, 0.1) is 6.92 Å². The number of aryl methyl sites for hydroxylation is 1. The Labute approximate surface area is 193 Å². The Hall–Kier alpha value is -2.75. The zero-order valence-corrected chi connectivity index (χ0v) is 19.3. The lowest BCUT2D eigenvalue weighted by atomic mass is 9.75. The van der Waals surface area contributed by atoms with E-state index in [1.165, 1.54) is 28.4 Å². The molecule has 6 nitrogen and oxygen atoms in total. The van der Waals surface area contributed by atoms with Crippen molar-refractivity contribution in [1.29, 1.82) is 0 Å². The summed E-state index contributed by atoms with van der Waals surface area (Å²) < 4.78 is 40.2. The minimum absolute atomic E-state index is 0.0401. The van der Waals surface area contributed by atoms with E-state index in [1.54, 1.807) is 14.0 Å². The minimum Gasteiger partial charge on any atom is -0.337 e. The highest BCUT2D eigenvalue weighted by molar-refractivity contribution is 7.09. The van der Waals surface area contributed by atoms with E-state index in [2.05, 4.69) is 4.98 Å². The summed E-state index contributed by atoms with van der Waals surface area (Å²) in [5, 5.41) is 2.57. The fourth-order valence-corrected chi connectivity index (χ4v) is 5.15. The number of thiazole rings is 1. The van der Waals surface area contributed by atoms with Gasteiger partial charge in [0.05, 0.1) is 17.0 Å². The van der Waals surface area contributed by atoms with Crippen molar-refractivity contribution in [3.63, 3.8) is 0 Å². The number of hydrogen-bond donors (Lipinski definition) is 0. The van der Waals surface area contributed by atoms with Gasteiger partial charge in [-0.1, -0.05) is 18.2 Å². The number of nitrogens with zero attached hydrogens (tertiary/aromatic N) is 3. The van der Waals surface area contributed by atoms with Gasteiger partial charge >= 0.3 is 6.18 Å². The number of amides is 3. The first-order valence-electron chi connectivity index (χ1n) is 10.7. The van der Waals surface area contributed by atoms with Crippen molar-refractivity contribution < 1.29 is 27.6 Å². The average molecular weight is 480 g/mol. The lowest BCUT2D eigenvalue weighted by molar-refractivity contribution is -0.143. The van der Waals surface area contributed by atoms with Gasteiger partial charge in [-0.05, 0) is 38.3 Å². The zero-order valence-electron chi connectivity index (χ0n) is 18.5. The zero-order chi connectivity index (χ0) is 24.1. The number of benzene rings is 1. The molecule has 2 aliphatic rings. The molecule has 10 heteroatoms. The molecule has 1 aromatic carbocycles. The number of aromatic nitrogens is 1. The molecule has 33 heavy (non-hydrogen) atoms. The van der Waals surface area contributed by atoms with Crippen LogP contribution in [0.1, 0.15) is 60.5 Å². The second-order valence-electron chi connectivity index (χ2n) is 8.82. The predicted octanol–water partition coefficient (Wildman–Crippen LogP) is 4.24. The van der Waals surface area contributed by atoms with E-state index < -0.39 is 41.3 Å². The summed E-state index contributed by atoms with van der Waals surface area (Å²) in [5.41, 5.74) is -1.72. The van der Waals surface area contributed by atoms with Gasteiger partial charge in [-0.2, -0.15) is 13.2 Å². The van der Waals surface area contributed by atoms with Crippen LogP contribution in [-0.4, -0.2) is 45.6 Å². The molecule has 1 aromatic heterocycles.